The van der Waals surface area contributed by atoms with Crippen LogP contribution in [0.25, 0.3) is 0 Å². The van der Waals surface area contributed by atoms with Crippen molar-refractivity contribution in [2.75, 3.05) is 30.5 Å². The number of benzene rings is 1. The molecule has 0 radical (unpaired) electrons. The molecule has 1 saturated heterocycles. The van der Waals surface area contributed by atoms with Crippen LogP contribution in [0, 0.1) is 0 Å². The molecule has 2 N–H and O–H groups in total. The largest absolute Gasteiger partial charge is 0.367 e. The summed E-state index contributed by atoms with van der Waals surface area (Å²) in [5.74, 6) is 1.53. The van der Waals surface area contributed by atoms with Gasteiger partial charge >= 0.3 is 0 Å². The number of hydrogen-bond acceptors (Lipinski definition) is 5. The van der Waals surface area contributed by atoms with E-state index in [1.54, 1.807) is 52.9 Å². The van der Waals surface area contributed by atoms with E-state index >= 15 is 0 Å². The summed E-state index contributed by atoms with van der Waals surface area (Å²) in [5.41, 5.74) is 1.21. The van der Waals surface area contributed by atoms with Crippen molar-refractivity contribution < 1.29 is 14.3 Å². The fourth-order valence-corrected chi connectivity index (χ4v) is 4.19. The average Bonchev–Trinajstić information content (AvgIpc) is 2.98. The molecule has 0 spiro atoms. The summed E-state index contributed by atoms with van der Waals surface area (Å²) in [6.45, 7) is 0.0585. The number of amides is 2. The van der Waals surface area contributed by atoms with Crippen LogP contribution in [0.5, 0.6) is 0 Å². The Morgan fingerprint density at radius 3 is 2.50 bits per heavy atom. The first-order valence-corrected chi connectivity index (χ1v) is 8.66. The molecule has 0 aliphatic carbocycles. The molecule has 0 atom stereocenters. The lowest BCUT2D eigenvalue weighted by Gasteiger charge is -2.10. The molecule has 7 heteroatoms. The van der Waals surface area contributed by atoms with Gasteiger partial charge in [0.2, 0.25) is 5.91 Å². The Labute approximate surface area is 125 Å². The maximum atomic E-state index is 11.7. The molecule has 0 saturated carbocycles. The first-order chi connectivity index (χ1) is 9.69. The number of ether oxygens (including phenoxy) is 1. The maximum Gasteiger partial charge on any atom is 0.251 e. The normalized spacial score (nSPS) is 15.1. The number of hydrogen-bond donors (Lipinski definition) is 2. The molecule has 20 heavy (non-hydrogen) atoms. The van der Waals surface area contributed by atoms with Gasteiger partial charge in [-0.1, -0.05) is 21.6 Å². The minimum Gasteiger partial charge on any atom is -0.367 e. The summed E-state index contributed by atoms with van der Waals surface area (Å²) in [4.78, 5) is 23.1. The highest BCUT2D eigenvalue weighted by molar-refractivity contribution is 8.77. The van der Waals surface area contributed by atoms with Gasteiger partial charge in [-0.2, -0.15) is 0 Å². The molecule has 1 aliphatic rings. The zero-order valence-electron chi connectivity index (χ0n) is 11.0. The smallest absolute Gasteiger partial charge is 0.251 e. The van der Waals surface area contributed by atoms with Crippen molar-refractivity contribution in [3.8, 4) is 0 Å². The zero-order chi connectivity index (χ0) is 14.4. The molecular weight excluding hydrogens is 296 g/mol. The fraction of sp³-hybridized carbons (Fsp3) is 0.385. The van der Waals surface area contributed by atoms with Crippen molar-refractivity contribution in [2.24, 2.45) is 0 Å². The van der Waals surface area contributed by atoms with E-state index in [4.69, 9.17) is 4.74 Å². The minimum atomic E-state index is -0.181. The Hall–Kier alpha value is -1.18. The number of carbonyl (C=O) groups excluding carboxylic acids is 2. The fourth-order valence-electron chi connectivity index (χ4n) is 1.63. The number of anilines is 1. The van der Waals surface area contributed by atoms with E-state index in [0.717, 1.165) is 11.5 Å². The van der Waals surface area contributed by atoms with E-state index in [2.05, 4.69) is 10.6 Å². The third-order valence-corrected chi connectivity index (χ3v) is 5.20. The summed E-state index contributed by atoms with van der Waals surface area (Å²) < 4.78 is 5.50. The second-order valence-corrected chi connectivity index (χ2v) is 6.76. The van der Waals surface area contributed by atoms with E-state index in [0.29, 0.717) is 11.3 Å². The zero-order valence-corrected chi connectivity index (χ0v) is 12.7. The van der Waals surface area contributed by atoms with Crippen LogP contribution in [-0.4, -0.2) is 43.1 Å². The third-order valence-electron chi connectivity index (χ3n) is 2.70. The van der Waals surface area contributed by atoms with Gasteiger partial charge in [-0.15, -0.1) is 0 Å². The van der Waals surface area contributed by atoms with Gasteiger partial charge in [0, 0.05) is 29.8 Å². The Balaban J connectivity index is 1.80. The summed E-state index contributed by atoms with van der Waals surface area (Å²) in [6, 6.07) is 6.73. The Kier molecular flexibility index (Phi) is 5.75. The molecule has 1 fully saturated rings. The molecule has 1 aliphatic heterocycles. The lowest BCUT2D eigenvalue weighted by Crippen LogP contribution is -2.24. The van der Waals surface area contributed by atoms with Gasteiger partial charge in [0.15, 0.2) is 0 Å². The molecule has 2 rings (SSSR count). The van der Waals surface area contributed by atoms with Crippen molar-refractivity contribution in [1.29, 1.82) is 0 Å². The molecule has 5 nitrogen and oxygen atoms in total. The van der Waals surface area contributed by atoms with Crippen molar-refractivity contribution in [1.82, 2.24) is 5.32 Å². The van der Waals surface area contributed by atoms with Gasteiger partial charge in [0.25, 0.3) is 5.91 Å². The summed E-state index contributed by atoms with van der Waals surface area (Å²) in [5, 5.41) is 5.28. The molecule has 1 heterocycles. The standard InChI is InChI=1S/C13H16N2O3S2/c1-14-13(17)9-2-4-10(5-3-9)15-12(16)6-18-11-7-19-20-8-11/h2-5,11H,6-8H2,1H3,(H,14,17)(H,15,16). The van der Waals surface area contributed by atoms with Gasteiger partial charge in [-0.25, -0.2) is 0 Å². The van der Waals surface area contributed by atoms with E-state index in [1.807, 2.05) is 0 Å². The van der Waals surface area contributed by atoms with Crippen molar-refractivity contribution >= 4 is 39.1 Å². The Bertz CT molecular complexity index is 473. The summed E-state index contributed by atoms with van der Waals surface area (Å²) in [7, 11) is 5.11. The topological polar surface area (TPSA) is 67.4 Å². The Morgan fingerprint density at radius 2 is 1.90 bits per heavy atom. The summed E-state index contributed by atoms with van der Waals surface area (Å²) in [6.07, 6.45) is 0.159. The molecule has 0 bridgehead atoms. The molecular formula is C13H16N2O3S2. The molecule has 1 aromatic rings. The Morgan fingerprint density at radius 1 is 1.25 bits per heavy atom. The second kappa shape index (κ2) is 7.56. The number of rotatable bonds is 5. The van der Waals surface area contributed by atoms with Crippen molar-refractivity contribution in [3.63, 3.8) is 0 Å². The van der Waals surface area contributed by atoms with Crippen LogP contribution in [-0.2, 0) is 9.53 Å². The molecule has 1 aromatic carbocycles. The van der Waals surface area contributed by atoms with Crippen LogP contribution >= 0.6 is 21.6 Å². The number of carbonyl (C=O) groups is 2. The van der Waals surface area contributed by atoms with Gasteiger partial charge < -0.3 is 15.4 Å². The monoisotopic (exact) mass is 312 g/mol. The van der Waals surface area contributed by atoms with E-state index < -0.39 is 0 Å². The third kappa shape index (κ3) is 4.43. The highest BCUT2D eigenvalue weighted by atomic mass is 33.1. The second-order valence-electron chi connectivity index (χ2n) is 4.21. The van der Waals surface area contributed by atoms with Crippen LogP contribution in [0.4, 0.5) is 5.69 Å². The maximum absolute atomic E-state index is 11.7. The lowest BCUT2D eigenvalue weighted by atomic mass is 10.2. The molecule has 0 aromatic heterocycles. The average molecular weight is 312 g/mol. The van der Waals surface area contributed by atoms with Crippen molar-refractivity contribution in [3.05, 3.63) is 29.8 Å². The van der Waals surface area contributed by atoms with Crippen molar-refractivity contribution in [2.45, 2.75) is 6.10 Å². The highest BCUT2D eigenvalue weighted by Crippen LogP contribution is 2.32. The lowest BCUT2D eigenvalue weighted by molar-refractivity contribution is -0.121. The van der Waals surface area contributed by atoms with Crippen LogP contribution in [0.3, 0.4) is 0 Å². The first-order valence-electron chi connectivity index (χ1n) is 6.17. The van der Waals surface area contributed by atoms with Crippen LogP contribution < -0.4 is 10.6 Å². The van der Waals surface area contributed by atoms with E-state index in [-0.39, 0.29) is 24.5 Å². The minimum absolute atomic E-state index is 0.0585. The molecule has 108 valence electrons. The predicted octanol–water partition coefficient (Wildman–Crippen LogP) is 1.76. The van der Waals surface area contributed by atoms with Gasteiger partial charge in [-0.3, -0.25) is 9.59 Å². The van der Waals surface area contributed by atoms with Gasteiger partial charge in [-0.05, 0) is 24.3 Å². The first kappa shape index (κ1) is 15.2. The quantitative estimate of drug-likeness (QED) is 0.811. The van der Waals surface area contributed by atoms with E-state index in [1.165, 1.54) is 0 Å². The van der Waals surface area contributed by atoms with Gasteiger partial charge in [0.05, 0.1) is 6.10 Å². The number of nitrogens with one attached hydrogen (secondary N) is 2. The SMILES string of the molecule is CNC(=O)c1ccc(NC(=O)COC2CSSC2)cc1. The van der Waals surface area contributed by atoms with Crippen LogP contribution in [0.1, 0.15) is 10.4 Å². The van der Waals surface area contributed by atoms with Crippen LogP contribution in [0.15, 0.2) is 24.3 Å². The van der Waals surface area contributed by atoms with E-state index in [9.17, 15) is 9.59 Å². The molecule has 2 amide bonds. The molecule has 0 unspecified atom stereocenters. The van der Waals surface area contributed by atoms with Crippen LogP contribution in [0.2, 0.25) is 0 Å². The summed E-state index contributed by atoms with van der Waals surface area (Å²) >= 11 is 0. The highest BCUT2D eigenvalue weighted by Gasteiger charge is 2.18. The predicted molar refractivity (Wildman–Crippen MR) is 83.1 cm³/mol. The van der Waals surface area contributed by atoms with Gasteiger partial charge in [0.1, 0.15) is 6.61 Å².